The first-order valence-electron chi connectivity index (χ1n) is 5.71. The molecule has 2 rings (SSSR count). The molecular weight excluding hydrogens is 234 g/mol. The maximum Gasteiger partial charge on any atom is 0.0951 e. The van der Waals surface area contributed by atoms with E-state index in [2.05, 4.69) is 16.5 Å². The van der Waals surface area contributed by atoms with Crippen molar-refractivity contribution >= 4 is 11.6 Å². The summed E-state index contributed by atoms with van der Waals surface area (Å²) >= 11 is 6.14. The summed E-state index contributed by atoms with van der Waals surface area (Å²) in [5.41, 5.74) is 8.17. The highest BCUT2D eigenvalue weighted by Crippen LogP contribution is 2.19. The summed E-state index contributed by atoms with van der Waals surface area (Å²) in [7, 11) is 0. The highest BCUT2D eigenvalue weighted by Gasteiger charge is 2.10. The van der Waals surface area contributed by atoms with E-state index in [0.717, 1.165) is 22.7 Å². The lowest BCUT2D eigenvalue weighted by molar-refractivity contribution is 0.618. The lowest BCUT2D eigenvalue weighted by atomic mass is 10.1. The lowest BCUT2D eigenvalue weighted by Crippen LogP contribution is -2.14. The maximum absolute atomic E-state index is 6.14. The summed E-state index contributed by atoms with van der Waals surface area (Å²) < 4.78 is 2.05. The Bertz CT molecular complexity index is 493. The second kappa shape index (κ2) is 5.34. The molecule has 0 bridgehead atoms. The molecule has 90 valence electrons. The van der Waals surface area contributed by atoms with E-state index in [4.69, 9.17) is 17.3 Å². The molecule has 3 nitrogen and oxygen atoms in total. The number of hydrogen-bond donors (Lipinski definition) is 1. The minimum atomic E-state index is 0.0278. The molecule has 1 aromatic heterocycles. The van der Waals surface area contributed by atoms with Crippen LogP contribution in [0.5, 0.6) is 0 Å². The van der Waals surface area contributed by atoms with Gasteiger partial charge in [0.15, 0.2) is 0 Å². The molecule has 0 radical (unpaired) electrons. The Kier molecular flexibility index (Phi) is 3.82. The number of nitrogens with two attached hydrogens (primary N) is 1. The predicted octanol–water partition coefficient (Wildman–Crippen LogP) is 2.99. The van der Waals surface area contributed by atoms with E-state index in [-0.39, 0.29) is 6.04 Å². The zero-order valence-electron chi connectivity index (χ0n) is 9.81. The third kappa shape index (κ3) is 2.68. The van der Waals surface area contributed by atoms with Gasteiger partial charge in [0.1, 0.15) is 0 Å². The second-order valence-corrected chi connectivity index (χ2v) is 4.46. The smallest absolute Gasteiger partial charge is 0.0951 e. The molecular formula is C13H16ClN3. The minimum absolute atomic E-state index is 0.0278. The van der Waals surface area contributed by atoms with Crippen molar-refractivity contribution < 1.29 is 0 Å². The molecule has 0 saturated carbocycles. The normalized spacial score (nSPS) is 12.6. The second-order valence-electron chi connectivity index (χ2n) is 4.05. The highest BCUT2D eigenvalue weighted by atomic mass is 35.5. The van der Waals surface area contributed by atoms with Crippen molar-refractivity contribution in [2.24, 2.45) is 5.73 Å². The molecule has 17 heavy (non-hydrogen) atoms. The number of hydrogen-bond acceptors (Lipinski definition) is 2. The third-order valence-corrected chi connectivity index (χ3v) is 3.23. The molecule has 0 fully saturated rings. The molecule has 1 aromatic carbocycles. The van der Waals surface area contributed by atoms with Gasteiger partial charge in [-0.05, 0) is 18.1 Å². The van der Waals surface area contributed by atoms with Gasteiger partial charge in [-0.3, -0.25) is 0 Å². The van der Waals surface area contributed by atoms with Crippen molar-refractivity contribution in [3.8, 4) is 0 Å². The molecule has 1 heterocycles. The van der Waals surface area contributed by atoms with Gasteiger partial charge < -0.3 is 10.3 Å². The van der Waals surface area contributed by atoms with Gasteiger partial charge >= 0.3 is 0 Å². The highest BCUT2D eigenvalue weighted by molar-refractivity contribution is 6.31. The first kappa shape index (κ1) is 12.1. The predicted molar refractivity (Wildman–Crippen MR) is 70.0 cm³/mol. The van der Waals surface area contributed by atoms with E-state index in [1.54, 1.807) is 6.33 Å². The summed E-state index contributed by atoms with van der Waals surface area (Å²) in [6.07, 6.45) is 4.52. The van der Waals surface area contributed by atoms with Crippen LogP contribution in [-0.2, 0) is 6.54 Å². The summed E-state index contributed by atoms with van der Waals surface area (Å²) in [5, 5.41) is 0.775. The zero-order valence-corrected chi connectivity index (χ0v) is 10.6. The van der Waals surface area contributed by atoms with E-state index in [9.17, 15) is 0 Å². The van der Waals surface area contributed by atoms with E-state index in [1.165, 1.54) is 0 Å². The van der Waals surface area contributed by atoms with Gasteiger partial charge in [0.05, 0.1) is 18.6 Å². The Balaban J connectivity index is 2.25. The number of imidazole rings is 1. The van der Waals surface area contributed by atoms with E-state index >= 15 is 0 Å². The van der Waals surface area contributed by atoms with Crippen LogP contribution in [0.25, 0.3) is 0 Å². The Labute approximate surface area is 106 Å². The van der Waals surface area contributed by atoms with Crippen LogP contribution in [0.4, 0.5) is 0 Å². The van der Waals surface area contributed by atoms with Gasteiger partial charge in [-0.15, -0.1) is 0 Å². The average molecular weight is 250 g/mol. The molecule has 0 unspecified atom stereocenters. The Morgan fingerprint density at radius 1 is 1.41 bits per heavy atom. The number of benzene rings is 1. The zero-order chi connectivity index (χ0) is 12.3. The van der Waals surface area contributed by atoms with Gasteiger partial charge in [-0.2, -0.15) is 0 Å². The largest absolute Gasteiger partial charge is 0.329 e. The molecule has 0 aliphatic heterocycles. The summed E-state index contributed by atoms with van der Waals surface area (Å²) in [4.78, 5) is 4.16. The molecule has 2 aromatic rings. The minimum Gasteiger partial charge on any atom is -0.329 e. The van der Waals surface area contributed by atoms with Crippen LogP contribution in [0.2, 0.25) is 5.02 Å². The van der Waals surface area contributed by atoms with Crippen molar-refractivity contribution in [3.05, 3.63) is 53.1 Å². The molecule has 0 aliphatic carbocycles. The van der Waals surface area contributed by atoms with E-state index < -0.39 is 0 Å². The van der Waals surface area contributed by atoms with Crippen LogP contribution in [0, 0.1) is 0 Å². The van der Waals surface area contributed by atoms with Gasteiger partial charge in [0, 0.05) is 17.3 Å². The number of nitrogens with zero attached hydrogens (tertiary/aromatic N) is 2. The van der Waals surface area contributed by atoms with Crippen molar-refractivity contribution in [2.75, 3.05) is 0 Å². The monoisotopic (exact) mass is 249 g/mol. The molecule has 2 N–H and O–H groups in total. The van der Waals surface area contributed by atoms with Crippen molar-refractivity contribution in [1.82, 2.24) is 9.55 Å². The van der Waals surface area contributed by atoms with Gasteiger partial charge in [-0.25, -0.2) is 4.98 Å². The summed E-state index contributed by atoms with van der Waals surface area (Å²) in [6.45, 7) is 2.78. The molecule has 1 atom stereocenters. The molecule has 0 amide bonds. The first-order valence-corrected chi connectivity index (χ1v) is 6.09. The Morgan fingerprint density at radius 3 is 2.88 bits per heavy atom. The van der Waals surface area contributed by atoms with Crippen molar-refractivity contribution in [3.63, 3.8) is 0 Å². The summed E-state index contributed by atoms with van der Waals surface area (Å²) in [5.74, 6) is 0. The standard InChI is InChI=1S/C13H16ClN3/c1-2-12(15)13-7-16-9-17(13)8-10-5-3-4-6-11(10)14/h3-7,9,12H,2,8,15H2,1H3/t12-/m1/s1. The van der Waals surface area contributed by atoms with Crippen LogP contribution in [0.15, 0.2) is 36.8 Å². The molecule has 0 saturated heterocycles. The van der Waals surface area contributed by atoms with Crippen molar-refractivity contribution in [2.45, 2.75) is 25.9 Å². The van der Waals surface area contributed by atoms with E-state index in [0.29, 0.717) is 6.54 Å². The molecule has 4 heteroatoms. The van der Waals surface area contributed by atoms with Crippen LogP contribution in [-0.4, -0.2) is 9.55 Å². The number of rotatable bonds is 4. The van der Waals surface area contributed by atoms with Crippen molar-refractivity contribution in [1.29, 1.82) is 0 Å². The Morgan fingerprint density at radius 2 is 2.18 bits per heavy atom. The fourth-order valence-electron chi connectivity index (χ4n) is 1.79. The number of aromatic nitrogens is 2. The lowest BCUT2D eigenvalue weighted by Gasteiger charge is -2.13. The average Bonchev–Trinajstić information content (AvgIpc) is 2.79. The van der Waals surface area contributed by atoms with Crippen LogP contribution < -0.4 is 5.73 Å². The van der Waals surface area contributed by atoms with Gasteiger partial charge in [0.2, 0.25) is 0 Å². The fraction of sp³-hybridized carbons (Fsp3) is 0.308. The van der Waals surface area contributed by atoms with Crippen LogP contribution in [0.1, 0.15) is 30.6 Å². The first-order chi connectivity index (χ1) is 8.22. The quantitative estimate of drug-likeness (QED) is 0.905. The van der Waals surface area contributed by atoms with Gasteiger partial charge in [0.25, 0.3) is 0 Å². The molecule has 0 aliphatic rings. The fourth-order valence-corrected chi connectivity index (χ4v) is 1.99. The SMILES string of the molecule is CC[C@@H](N)c1cncn1Cc1ccccc1Cl. The third-order valence-electron chi connectivity index (χ3n) is 2.86. The van der Waals surface area contributed by atoms with Crippen LogP contribution in [0.3, 0.4) is 0 Å². The molecule has 0 spiro atoms. The van der Waals surface area contributed by atoms with E-state index in [1.807, 2.05) is 30.5 Å². The Hall–Kier alpha value is -1.32. The topological polar surface area (TPSA) is 43.8 Å². The number of halogens is 1. The van der Waals surface area contributed by atoms with Crippen LogP contribution >= 0.6 is 11.6 Å². The summed E-state index contributed by atoms with van der Waals surface area (Å²) in [6, 6.07) is 7.85. The van der Waals surface area contributed by atoms with Gasteiger partial charge in [-0.1, -0.05) is 36.7 Å². The maximum atomic E-state index is 6.14.